The Kier molecular flexibility index (Phi) is 3.75. The van der Waals surface area contributed by atoms with Crippen molar-refractivity contribution in [2.45, 2.75) is 18.5 Å². The van der Waals surface area contributed by atoms with E-state index < -0.39 is 5.54 Å². The lowest BCUT2D eigenvalue weighted by molar-refractivity contribution is -0.130. The maximum Gasteiger partial charge on any atom is 0.325 e. The SMILES string of the molecule is COc1ccc(Cl)cc1CN1C(=O)NC2(CCSC2)C1=O. The van der Waals surface area contributed by atoms with Crippen LogP contribution in [-0.4, -0.2) is 41.0 Å². The van der Waals surface area contributed by atoms with Crippen molar-refractivity contribution in [3.63, 3.8) is 0 Å². The number of nitrogens with one attached hydrogen (secondary N) is 1. The van der Waals surface area contributed by atoms with Crippen molar-refractivity contribution < 1.29 is 14.3 Å². The summed E-state index contributed by atoms with van der Waals surface area (Å²) in [5.41, 5.74) is 0.00398. The van der Waals surface area contributed by atoms with Crippen molar-refractivity contribution in [3.05, 3.63) is 28.8 Å². The van der Waals surface area contributed by atoms with E-state index in [0.717, 1.165) is 11.3 Å². The van der Waals surface area contributed by atoms with E-state index in [1.807, 2.05) is 0 Å². The van der Waals surface area contributed by atoms with E-state index in [2.05, 4.69) is 5.32 Å². The number of urea groups is 1. The van der Waals surface area contributed by atoms with Gasteiger partial charge in [0.05, 0.1) is 13.7 Å². The van der Waals surface area contributed by atoms with Crippen molar-refractivity contribution >= 4 is 35.3 Å². The Bertz CT molecular complexity index is 602. The number of ether oxygens (including phenoxy) is 1. The molecule has 2 aliphatic rings. The summed E-state index contributed by atoms with van der Waals surface area (Å²) in [4.78, 5) is 26.0. The summed E-state index contributed by atoms with van der Waals surface area (Å²) in [7, 11) is 1.55. The molecular weight excluding hydrogens is 312 g/mol. The number of amides is 3. The third kappa shape index (κ3) is 2.46. The molecular formula is C14H15ClN2O3S. The summed E-state index contributed by atoms with van der Waals surface area (Å²) >= 11 is 7.68. The summed E-state index contributed by atoms with van der Waals surface area (Å²) in [5.74, 6) is 1.99. The molecule has 0 radical (unpaired) electrons. The van der Waals surface area contributed by atoms with Gasteiger partial charge in [-0.3, -0.25) is 9.69 Å². The Morgan fingerprint density at radius 2 is 2.29 bits per heavy atom. The van der Waals surface area contributed by atoms with Crippen LogP contribution >= 0.6 is 23.4 Å². The van der Waals surface area contributed by atoms with Crippen molar-refractivity contribution in [2.24, 2.45) is 0 Å². The molecule has 0 saturated carbocycles. The van der Waals surface area contributed by atoms with E-state index >= 15 is 0 Å². The standard InChI is InChI=1S/C14H15ClN2O3S/c1-20-11-3-2-10(15)6-9(11)7-17-12(18)14(16-13(17)19)4-5-21-8-14/h2-3,6H,4-5,7-8H2,1H3,(H,16,19). The van der Waals surface area contributed by atoms with Gasteiger partial charge in [0, 0.05) is 16.3 Å². The smallest absolute Gasteiger partial charge is 0.325 e. The van der Waals surface area contributed by atoms with Crippen LogP contribution in [0.4, 0.5) is 4.79 Å². The summed E-state index contributed by atoms with van der Waals surface area (Å²) in [6.07, 6.45) is 0.686. The second-order valence-electron chi connectivity index (χ2n) is 5.16. The van der Waals surface area contributed by atoms with Crippen molar-refractivity contribution in [1.29, 1.82) is 0 Å². The molecule has 2 aliphatic heterocycles. The van der Waals surface area contributed by atoms with Gasteiger partial charge in [-0.05, 0) is 30.4 Å². The number of halogens is 1. The van der Waals surface area contributed by atoms with E-state index in [-0.39, 0.29) is 18.5 Å². The second-order valence-corrected chi connectivity index (χ2v) is 6.70. The fraction of sp³-hybridized carbons (Fsp3) is 0.429. The number of methoxy groups -OCH3 is 1. The zero-order valence-electron chi connectivity index (χ0n) is 11.5. The zero-order chi connectivity index (χ0) is 15.0. The predicted octanol–water partition coefficient (Wildman–Crippen LogP) is 2.28. The highest BCUT2D eigenvalue weighted by atomic mass is 35.5. The maximum atomic E-state index is 12.6. The molecule has 2 saturated heterocycles. The molecule has 0 aliphatic carbocycles. The average Bonchev–Trinajstić information content (AvgIpc) is 3.01. The van der Waals surface area contributed by atoms with Gasteiger partial charge in [0.2, 0.25) is 0 Å². The number of hydrogen-bond donors (Lipinski definition) is 1. The molecule has 21 heavy (non-hydrogen) atoms. The first-order valence-corrected chi connectivity index (χ1v) is 8.13. The van der Waals surface area contributed by atoms with Gasteiger partial charge in [-0.25, -0.2) is 4.79 Å². The van der Waals surface area contributed by atoms with Crippen LogP contribution in [0.15, 0.2) is 18.2 Å². The number of hydrogen-bond acceptors (Lipinski definition) is 4. The topological polar surface area (TPSA) is 58.6 Å². The third-order valence-corrected chi connectivity index (χ3v) is 5.26. The molecule has 3 rings (SSSR count). The van der Waals surface area contributed by atoms with E-state index in [1.165, 1.54) is 4.90 Å². The summed E-state index contributed by atoms with van der Waals surface area (Å²) in [5, 5.41) is 3.39. The molecule has 112 valence electrons. The lowest BCUT2D eigenvalue weighted by Gasteiger charge is -2.20. The molecule has 1 aromatic rings. The first-order valence-electron chi connectivity index (χ1n) is 6.60. The van der Waals surface area contributed by atoms with Crippen molar-refractivity contribution in [3.8, 4) is 5.75 Å². The highest BCUT2D eigenvalue weighted by molar-refractivity contribution is 7.99. The van der Waals surface area contributed by atoms with Gasteiger partial charge in [-0.2, -0.15) is 11.8 Å². The van der Waals surface area contributed by atoms with Gasteiger partial charge < -0.3 is 10.1 Å². The average molecular weight is 327 g/mol. The third-order valence-electron chi connectivity index (χ3n) is 3.84. The molecule has 2 heterocycles. The summed E-state index contributed by atoms with van der Waals surface area (Å²) in [6.45, 7) is 0.167. The number of rotatable bonds is 3. The van der Waals surface area contributed by atoms with E-state index in [1.54, 1.807) is 37.1 Å². The van der Waals surface area contributed by atoms with Crippen LogP contribution < -0.4 is 10.1 Å². The summed E-state index contributed by atoms with van der Waals surface area (Å²) < 4.78 is 5.27. The molecule has 5 nitrogen and oxygen atoms in total. The van der Waals surface area contributed by atoms with Crippen molar-refractivity contribution in [2.75, 3.05) is 18.6 Å². The Hall–Kier alpha value is -1.40. The maximum absolute atomic E-state index is 12.6. The molecule has 1 unspecified atom stereocenters. The number of nitrogens with zero attached hydrogens (tertiary/aromatic N) is 1. The second kappa shape index (κ2) is 5.42. The number of thioether (sulfide) groups is 1. The van der Waals surface area contributed by atoms with E-state index in [4.69, 9.17) is 16.3 Å². The molecule has 1 N–H and O–H groups in total. The predicted molar refractivity (Wildman–Crippen MR) is 81.8 cm³/mol. The van der Waals surface area contributed by atoms with Gasteiger partial charge in [-0.1, -0.05) is 11.6 Å². The fourth-order valence-electron chi connectivity index (χ4n) is 2.69. The van der Waals surface area contributed by atoms with Gasteiger partial charge in [-0.15, -0.1) is 0 Å². The minimum absolute atomic E-state index is 0.153. The molecule has 3 amide bonds. The first-order chi connectivity index (χ1) is 10.1. The number of benzene rings is 1. The molecule has 0 bridgehead atoms. The van der Waals surface area contributed by atoms with Gasteiger partial charge in [0.1, 0.15) is 11.3 Å². The largest absolute Gasteiger partial charge is 0.496 e. The highest BCUT2D eigenvalue weighted by Gasteiger charge is 2.52. The molecule has 2 fully saturated rings. The van der Waals surface area contributed by atoms with Gasteiger partial charge in [0.25, 0.3) is 5.91 Å². The fourth-order valence-corrected chi connectivity index (χ4v) is 4.21. The van der Waals surface area contributed by atoms with E-state index in [9.17, 15) is 9.59 Å². The van der Waals surface area contributed by atoms with Crippen LogP contribution in [0.2, 0.25) is 5.02 Å². The first kappa shape index (κ1) is 14.5. The van der Waals surface area contributed by atoms with Gasteiger partial charge in [0.15, 0.2) is 0 Å². The van der Waals surface area contributed by atoms with Gasteiger partial charge >= 0.3 is 6.03 Å². The lowest BCUT2D eigenvalue weighted by Crippen LogP contribution is -2.46. The number of carbonyl (C=O) groups excluding carboxylic acids is 2. The van der Waals surface area contributed by atoms with Crippen LogP contribution in [0, 0.1) is 0 Å². The molecule has 1 aromatic carbocycles. The van der Waals surface area contributed by atoms with Crippen LogP contribution in [0.3, 0.4) is 0 Å². The zero-order valence-corrected chi connectivity index (χ0v) is 13.1. The van der Waals surface area contributed by atoms with Crippen molar-refractivity contribution in [1.82, 2.24) is 10.2 Å². The minimum Gasteiger partial charge on any atom is -0.496 e. The lowest BCUT2D eigenvalue weighted by atomic mass is 9.99. The Morgan fingerprint density at radius 1 is 1.48 bits per heavy atom. The molecule has 7 heteroatoms. The van der Waals surface area contributed by atoms with E-state index in [0.29, 0.717) is 22.9 Å². The van der Waals surface area contributed by atoms with Crippen LogP contribution in [0.5, 0.6) is 5.75 Å². The Morgan fingerprint density at radius 3 is 2.95 bits per heavy atom. The highest BCUT2D eigenvalue weighted by Crippen LogP contribution is 2.35. The Labute approximate surface area is 132 Å². The van der Waals surface area contributed by atoms with Crippen LogP contribution in [0.25, 0.3) is 0 Å². The molecule has 1 atom stereocenters. The number of imide groups is 1. The normalized spacial score (nSPS) is 24.8. The summed E-state index contributed by atoms with van der Waals surface area (Å²) in [6, 6.07) is 4.82. The minimum atomic E-state index is -0.715. The Balaban J connectivity index is 1.86. The quantitative estimate of drug-likeness (QED) is 0.866. The molecule has 1 spiro atoms. The monoisotopic (exact) mass is 326 g/mol. The number of carbonyl (C=O) groups is 2. The van der Waals surface area contributed by atoms with Crippen LogP contribution in [0.1, 0.15) is 12.0 Å². The molecule has 0 aromatic heterocycles. The van der Waals surface area contributed by atoms with Crippen LogP contribution in [-0.2, 0) is 11.3 Å².